The van der Waals surface area contributed by atoms with Crippen LogP contribution in [0.5, 0.6) is 0 Å². The van der Waals surface area contributed by atoms with E-state index in [-0.39, 0.29) is 36.3 Å². The van der Waals surface area contributed by atoms with Gasteiger partial charge in [-0.25, -0.2) is 4.79 Å². The van der Waals surface area contributed by atoms with E-state index in [4.69, 9.17) is 17.1 Å². The summed E-state index contributed by atoms with van der Waals surface area (Å²) in [4.78, 5) is 11.7. The van der Waals surface area contributed by atoms with Crippen molar-refractivity contribution in [1.29, 1.82) is 0 Å². The van der Waals surface area contributed by atoms with Gasteiger partial charge in [0.1, 0.15) is 6.61 Å². The largest absolute Gasteiger partial charge is 0.447 e. The van der Waals surface area contributed by atoms with Crippen molar-refractivity contribution in [1.82, 2.24) is 5.32 Å². The number of hydrogen-bond acceptors (Lipinski definition) is 6. The zero-order valence-electron chi connectivity index (χ0n) is 19.6. The standard InChI is InChI=1S/C17H43NO6Si4.4CH4/c1-11-16(19)15-21-17(20)18-13-12-14-28(10,23-26(5,6)7)24-27(8,9)22-25(2,3)4;;;;/h16,19H,11-15H2,1-10H3,(H,18,20);4*1H4. The van der Waals surface area contributed by atoms with Gasteiger partial charge in [0.25, 0.3) is 0 Å². The summed E-state index contributed by atoms with van der Waals surface area (Å²) in [6.45, 7) is 21.7. The van der Waals surface area contributed by atoms with Crippen LogP contribution in [0, 0.1) is 0 Å². The Morgan fingerprint density at radius 2 is 1.31 bits per heavy atom. The summed E-state index contributed by atoms with van der Waals surface area (Å²) in [6.07, 6.45) is 0.191. The van der Waals surface area contributed by atoms with Crippen molar-refractivity contribution in [3.63, 3.8) is 0 Å². The Kier molecular flexibility index (Phi) is 23.0. The lowest BCUT2D eigenvalue weighted by molar-refractivity contribution is 0.0664. The van der Waals surface area contributed by atoms with Gasteiger partial charge in [0.2, 0.25) is 0 Å². The van der Waals surface area contributed by atoms with Crippen LogP contribution in [0.1, 0.15) is 49.5 Å². The highest BCUT2D eigenvalue weighted by atomic mass is 28.5. The zero-order valence-corrected chi connectivity index (χ0v) is 23.6. The van der Waals surface area contributed by atoms with Gasteiger partial charge in [-0.1, -0.05) is 36.6 Å². The van der Waals surface area contributed by atoms with Gasteiger partial charge in [-0.15, -0.1) is 0 Å². The minimum absolute atomic E-state index is 0. The smallest absolute Gasteiger partial charge is 0.407 e. The third-order valence-electron chi connectivity index (χ3n) is 3.49. The minimum Gasteiger partial charge on any atom is -0.447 e. The van der Waals surface area contributed by atoms with Crippen molar-refractivity contribution >= 4 is 39.8 Å². The molecule has 2 N–H and O–H groups in total. The summed E-state index contributed by atoms with van der Waals surface area (Å²) in [5.74, 6) is 0. The Labute approximate surface area is 205 Å². The van der Waals surface area contributed by atoms with Crippen LogP contribution in [0.3, 0.4) is 0 Å². The molecule has 0 spiro atoms. The van der Waals surface area contributed by atoms with Crippen molar-refractivity contribution in [2.45, 2.75) is 121 Å². The number of rotatable bonds is 13. The van der Waals surface area contributed by atoms with Crippen LogP contribution >= 0.6 is 0 Å². The first-order chi connectivity index (χ1) is 12.5. The molecule has 2 atom stereocenters. The molecule has 0 aromatic heterocycles. The average molecular weight is 534 g/mol. The molecule has 0 heterocycles. The van der Waals surface area contributed by atoms with Crippen LogP contribution in [0.4, 0.5) is 4.79 Å². The van der Waals surface area contributed by atoms with Crippen LogP contribution in [-0.4, -0.2) is 64.2 Å². The molecular formula is C21H59NO6Si4. The molecule has 0 fully saturated rings. The molecule has 11 heteroatoms. The summed E-state index contributed by atoms with van der Waals surface area (Å²) in [7, 11) is -8.24. The number of hydrogen-bond donors (Lipinski definition) is 2. The Bertz CT molecular complexity index is 484. The van der Waals surface area contributed by atoms with E-state index in [9.17, 15) is 9.90 Å². The topological polar surface area (TPSA) is 86.3 Å². The maximum atomic E-state index is 11.7. The molecule has 32 heavy (non-hydrogen) atoms. The van der Waals surface area contributed by atoms with E-state index in [0.717, 1.165) is 12.5 Å². The van der Waals surface area contributed by atoms with E-state index < -0.39 is 46.0 Å². The average Bonchev–Trinajstić information content (AvgIpc) is 2.43. The van der Waals surface area contributed by atoms with Crippen LogP contribution in [0.25, 0.3) is 0 Å². The van der Waals surface area contributed by atoms with Gasteiger partial charge in [0.15, 0.2) is 16.6 Å². The summed E-state index contributed by atoms with van der Waals surface area (Å²) in [5.41, 5.74) is 0. The van der Waals surface area contributed by atoms with E-state index >= 15 is 0 Å². The van der Waals surface area contributed by atoms with Crippen LogP contribution in [0.2, 0.25) is 65.0 Å². The molecule has 0 bridgehead atoms. The highest BCUT2D eigenvalue weighted by Gasteiger charge is 2.44. The SMILES string of the molecule is C.C.C.C.CCC(O)COC(=O)NCCC[Si](C)(O[Si](C)(C)C)O[Si](C)(C)O[Si](C)(C)C. The molecule has 0 radical (unpaired) electrons. The maximum Gasteiger partial charge on any atom is 0.407 e. The lowest BCUT2D eigenvalue weighted by Crippen LogP contribution is -2.56. The Hall–Kier alpha value is -0.0225. The fraction of sp³-hybridized carbons (Fsp3) is 0.952. The van der Waals surface area contributed by atoms with Crippen LogP contribution in [0.15, 0.2) is 0 Å². The number of nitrogens with one attached hydrogen (secondary N) is 1. The third kappa shape index (κ3) is 23.1. The maximum absolute atomic E-state index is 11.7. The summed E-state index contributed by atoms with van der Waals surface area (Å²) < 4.78 is 24.5. The van der Waals surface area contributed by atoms with E-state index in [1.165, 1.54) is 0 Å². The molecule has 0 aliphatic heterocycles. The second-order valence-corrected chi connectivity index (χ2v) is 26.2. The second kappa shape index (κ2) is 17.4. The summed E-state index contributed by atoms with van der Waals surface area (Å²) in [5, 5.41) is 12.2. The summed E-state index contributed by atoms with van der Waals surface area (Å²) >= 11 is 0. The molecule has 200 valence electrons. The Morgan fingerprint density at radius 3 is 1.72 bits per heavy atom. The van der Waals surface area contributed by atoms with Gasteiger partial charge in [-0.2, -0.15) is 0 Å². The number of alkyl carbamates (subject to hydrolysis) is 1. The van der Waals surface area contributed by atoms with Gasteiger partial charge < -0.3 is 27.5 Å². The molecule has 0 saturated carbocycles. The normalized spacial score (nSPS) is 14.3. The number of aliphatic hydroxyl groups is 1. The fourth-order valence-corrected chi connectivity index (χ4v) is 20.9. The lowest BCUT2D eigenvalue weighted by Gasteiger charge is -2.41. The predicted molar refractivity (Wildman–Crippen MR) is 151 cm³/mol. The van der Waals surface area contributed by atoms with Crippen LogP contribution in [-0.2, 0) is 17.1 Å². The fourth-order valence-electron chi connectivity index (χ4n) is 2.99. The highest BCUT2D eigenvalue weighted by molar-refractivity contribution is 6.89. The molecule has 2 unspecified atom stereocenters. The number of carbonyl (C=O) groups excluding carboxylic acids is 1. The molecule has 7 nitrogen and oxygen atoms in total. The lowest BCUT2D eigenvalue weighted by atomic mass is 10.3. The molecule has 0 aromatic carbocycles. The molecule has 0 aliphatic rings. The van der Waals surface area contributed by atoms with E-state index in [0.29, 0.717) is 13.0 Å². The second-order valence-electron chi connectivity index (χ2n) is 9.76. The van der Waals surface area contributed by atoms with Crippen molar-refractivity contribution in [3.8, 4) is 0 Å². The molecule has 0 aromatic rings. The third-order valence-corrected chi connectivity index (χ3v) is 17.0. The van der Waals surface area contributed by atoms with E-state index in [1.807, 2.05) is 6.92 Å². The molecule has 0 aliphatic carbocycles. The van der Waals surface area contributed by atoms with Gasteiger partial charge in [0, 0.05) is 6.54 Å². The molecule has 0 saturated heterocycles. The first kappa shape index (κ1) is 42.2. The monoisotopic (exact) mass is 533 g/mol. The number of ether oxygens (including phenoxy) is 1. The van der Waals surface area contributed by atoms with Crippen molar-refractivity contribution < 1.29 is 27.0 Å². The van der Waals surface area contributed by atoms with Crippen LogP contribution < -0.4 is 5.32 Å². The van der Waals surface area contributed by atoms with Crippen molar-refractivity contribution in [3.05, 3.63) is 0 Å². The van der Waals surface area contributed by atoms with Gasteiger partial charge >= 0.3 is 23.2 Å². The van der Waals surface area contributed by atoms with Gasteiger partial charge in [-0.05, 0) is 77.8 Å². The van der Waals surface area contributed by atoms with E-state index in [1.54, 1.807) is 0 Å². The highest BCUT2D eigenvalue weighted by Crippen LogP contribution is 2.27. The number of amides is 1. The van der Waals surface area contributed by atoms with Gasteiger partial charge in [-0.3, -0.25) is 0 Å². The van der Waals surface area contributed by atoms with E-state index in [2.05, 4.69) is 64.2 Å². The first-order valence-electron chi connectivity index (χ1n) is 10.2. The minimum atomic E-state index is -2.45. The molecular weight excluding hydrogens is 475 g/mol. The van der Waals surface area contributed by atoms with Crippen molar-refractivity contribution in [2.75, 3.05) is 13.2 Å². The number of carbonyl (C=O) groups is 1. The Balaban J connectivity index is -0.000000607. The summed E-state index contributed by atoms with van der Waals surface area (Å²) in [6, 6.07) is 0.778. The molecule has 1 amide bonds. The zero-order chi connectivity index (χ0) is 22.2. The van der Waals surface area contributed by atoms with Crippen molar-refractivity contribution in [2.24, 2.45) is 0 Å². The molecule has 0 rings (SSSR count). The quantitative estimate of drug-likeness (QED) is 0.197. The van der Waals surface area contributed by atoms with Gasteiger partial charge in [0.05, 0.1) is 6.10 Å². The number of aliphatic hydroxyl groups excluding tert-OH is 1. The predicted octanol–water partition coefficient (Wildman–Crippen LogP) is 6.91. The first-order valence-corrected chi connectivity index (χ1v) is 22.3. The Morgan fingerprint density at radius 1 is 0.844 bits per heavy atom.